The van der Waals surface area contributed by atoms with Crippen molar-refractivity contribution in [1.82, 2.24) is 0 Å². The van der Waals surface area contributed by atoms with Gasteiger partial charge in [0.25, 0.3) is 6.17 Å². The van der Waals surface area contributed by atoms with Crippen molar-refractivity contribution in [3.63, 3.8) is 0 Å². The molecule has 1 atom stereocenters. The van der Waals surface area contributed by atoms with Gasteiger partial charge < -0.3 is 4.74 Å². The van der Waals surface area contributed by atoms with E-state index in [1.165, 1.54) is 23.8 Å². The highest BCUT2D eigenvalue weighted by atomic mass is 19.4. The van der Waals surface area contributed by atoms with E-state index in [2.05, 4.69) is 35.9 Å². The lowest BCUT2D eigenvalue weighted by molar-refractivity contribution is -0.306. The molecule has 0 aliphatic rings. The van der Waals surface area contributed by atoms with E-state index < -0.39 is 47.2 Å². The average Bonchev–Trinajstić information content (AvgIpc) is 2.94. The molecule has 0 bridgehead atoms. The molecule has 1 nitrogen and oxygen atoms in total. The van der Waals surface area contributed by atoms with Crippen LogP contribution in [0.15, 0.2) is 78.9 Å². The second-order valence-electron chi connectivity index (χ2n) is 9.76. The van der Waals surface area contributed by atoms with Gasteiger partial charge in [-0.05, 0) is 70.8 Å². The highest BCUT2D eigenvalue weighted by molar-refractivity contribution is 5.68. The lowest BCUT2D eigenvalue weighted by atomic mass is 9.93. The lowest BCUT2D eigenvalue weighted by Crippen LogP contribution is -2.46. The van der Waals surface area contributed by atoms with Gasteiger partial charge in [-0.3, -0.25) is 0 Å². The predicted octanol–water partition coefficient (Wildman–Crippen LogP) is 10.0. The summed E-state index contributed by atoms with van der Waals surface area (Å²) in [5.41, 5.74) is 4.21. The number of rotatable bonds is 10. The van der Waals surface area contributed by atoms with Crippen LogP contribution in [0.2, 0.25) is 0 Å². The summed E-state index contributed by atoms with van der Waals surface area (Å²) >= 11 is 0. The van der Waals surface area contributed by atoms with Gasteiger partial charge in [-0.25, -0.2) is 17.6 Å². The zero-order chi connectivity index (χ0) is 30.7. The van der Waals surface area contributed by atoms with E-state index in [0.717, 1.165) is 29.5 Å². The van der Waals surface area contributed by atoms with Crippen LogP contribution in [0.3, 0.4) is 0 Å². The fraction of sp³-hybridized carbons (Fsp3) is 0.250. The van der Waals surface area contributed by atoms with Gasteiger partial charge in [0.1, 0.15) is 5.82 Å². The molecule has 0 amide bonds. The third-order valence-electron chi connectivity index (χ3n) is 6.67. The predicted molar refractivity (Wildman–Crippen MR) is 142 cm³/mol. The van der Waals surface area contributed by atoms with Crippen LogP contribution in [0.4, 0.5) is 39.5 Å². The number of hydrogen-bond acceptors (Lipinski definition) is 1. The summed E-state index contributed by atoms with van der Waals surface area (Å²) < 4.78 is 124. The Labute approximate surface area is 236 Å². The number of benzene rings is 4. The first-order valence-electron chi connectivity index (χ1n) is 13.0. The van der Waals surface area contributed by atoms with Gasteiger partial charge in [0.15, 0.2) is 17.4 Å². The van der Waals surface area contributed by atoms with E-state index in [1.54, 1.807) is 0 Å². The first-order chi connectivity index (χ1) is 19.8. The smallest absolute Gasteiger partial charge is 0.424 e. The monoisotopic (exact) mass is 596 g/mol. The van der Waals surface area contributed by atoms with Crippen molar-refractivity contribution in [2.24, 2.45) is 0 Å². The zero-order valence-corrected chi connectivity index (χ0v) is 22.2. The van der Waals surface area contributed by atoms with Crippen LogP contribution in [-0.4, -0.2) is 18.5 Å². The van der Waals surface area contributed by atoms with E-state index in [1.807, 2.05) is 24.3 Å². The van der Waals surface area contributed by atoms with Crippen LogP contribution in [-0.2, 0) is 19.3 Å². The molecule has 0 spiro atoms. The van der Waals surface area contributed by atoms with E-state index in [9.17, 15) is 35.1 Å². The number of halogens is 9. The quantitative estimate of drug-likeness (QED) is 0.166. The van der Waals surface area contributed by atoms with Crippen molar-refractivity contribution < 1.29 is 44.3 Å². The Bertz CT molecular complexity index is 1510. The maximum atomic E-state index is 15.0. The van der Waals surface area contributed by atoms with Gasteiger partial charge in [-0.1, -0.05) is 74.0 Å². The molecule has 0 saturated heterocycles. The fourth-order valence-electron chi connectivity index (χ4n) is 4.58. The molecular formula is C32H25F9O. The summed E-state index contributed by atoms with van der Waals surface area (Å²) in [5, 5.41) is 0. The van der Waals surface area contributed by atoms with Gasteiger partial charge in [0.2, 0.25) is 0 Å². The van der Waals surface area contributed by atoms with Crippen molar-refractivity contribution in [3.8, 4) is 28.0 Å². The van der Waals surface area contributed by atoms with Gasteiger partial charge in [0.05, 0.1) is 0 Å². The Morgan fingerprint density at radius 1 is 0.643 bits per heavy atom. The largest absolute Gasteiger partial charge is 0.439 e. The maximum absolute atomic E-state index is 15.0. The highest BCUT2D eigenvalue weighted by Crippen LogP contribution is 2.39. The highest BCUT2D eigenvalue weighted by Gasteiger charge is 2.59. The van der Waals surface area contributed by atoms with Gasteiger partial charge in [-0.2, -0.15) is 22.0 Å². The first kappa shape index (κ1) is 31.0. The van der Waals surface area contributed by atoms with Crippen molar-refractivity contribution in [2.45, 2.75) is 51.1 Å². The molecule has 0 aliphatic heterocycles. The summed E-state index contributed by atoms with van der Waals surface area (Å²) in [6.45, 7) is 2.11. The Morgan fingerprint density at radius 3 is 1.86 bits per heavy atom. The second kappa shape index (κ2) is 12.5. The molecule has 0 N–H and O–H groups in total. The van der Waals surface area contributed by atoms with E-state index in [0.29, 0.717) is 30.5 Å². The molecule has 1 unspecified atom stereocenters. The number of hydrogen-bond donors (Lipinski definition) is 0. The number of ether oxygens (including phenoxy) is 1. The lowest BCUT2D eigenvalue weighted by Gasteiger charge is -2.23. The van der Waals surface area contributed by atoms with E-state index in [-0.39, 0.29) is 5.56 Å². The molecule has 4 aromatic carbocycles. The number of alkyl halides is 6. The number of aryl methyl sites for hydroxylation is 3. The molecule has 42 heavy (non-hydrogen) atoms. The Kier molecular flexibility index (Phi) is 9.23. The maximum Gasteiger partial charge on any atom is 0.439 e. The fourth-order valence-corrected chi connectivity index (χ4v) is 4.58. The zero-order valence-electron chi connectivity index (χ0n) is 22.2. The topological polar surface area (TPSA) is 9.23 Å². The summed E-state index contributed by atoms with van der Waals surface area (Å²) in [6, 6.07) is 20.8. The summed E-state index contributed by atoms with van der Waals surface area (Å²) in [7, 11) is 0. The SMILES string of the molecule is CCCc1ccc(-c2ccccc2CCc2ccc(-c3cc(F)c(OC(F)(F)C(F)C(F)(F)F)c(F)c3)c(F)c2)cc1. The molecule has 4 rings (SSSR count). The van der Waals surface area contributed by atoms with Crippen LogP contribution in [0.25, 0.3) is 22.3 Å². The molecular weight excluding hydrogens is 571 g/mol. The van der Waals surface area contributed by atoms with Crippen LogP contribution in [0.1, 0.15) is 30.0 Å². The molecule has 0 heterocycles. The van der Waals surface area contributed by atoms with E-state index in [4.69, 9.17) is 0 Å². The van der Waals surface area contributed by atoms with Gasteiger partial charge >= 0.3 is 12.3 Å². The third-order valence-corrected chi connectivity index (χ3v) is 6.67. The minimum atomic E-state index is -6.04. The molecule has 0 radical (unpaired) electrons. The van der Waals surface area contributed by atoms with Crippen molar-refractivity contribution in [2.75, 3.05) is 0 Å². The Morgan fingerprint density at radius 2 is 1.26 bits per heavy atom. The summed E-state index contributed by atoms with van der Waals surface area (Å²) in [6.07, 6.45) is -13.5. The van der Waals surface area contributed by atoms with E-state index >= 15 is 4.39 Å². The Hall–Kier alpha value is -3.95. The summed E-state index contributed by atoms with van der Waals surface area (Å²) in [4.78, 5) is 0. The average molecular weight is 597 g/mol. The van der Waals surface area contributed by atoms with Gasteiger partial charge in [-0.15, -0.1) is 0 Å². The molecule has 0 aromatic heterocycles. The van der Waals surface area contributed by atoms with Gasteiger partial charge in [0, 0.05) is 5.56 Å². The molecule has 0 aliphatic carbocycles. The van der Waals surface area contributed by atoms with Crippen LogP contribution < -0.4 is 4.74 Å². The molecule has 0 saturated carbocycles. The van der Waals surface area contributed by atoms with Crippen molar-refractivity contribution in [3.05, 3.63) is 113 Å². The van der Waals surface area contributed by atoms with Crippen LogP contribution in [0.5, 0.6) is 5.75 Å². The second-order valence-corrected chi connectivity index (χ2v) is 9.76. The molecule has 10 heteroatoms. The van der Waals surface area contributed by atoms with Crippen molar-refractivity contribution >= 4 is 0 Å². The summed E-state index contributed by atoms with van der Waals surface area (Å²) in [5.74, 6) is -6.51. The minimum absolute atomic E-state index is 0.291. The standard InChI is InChI=1S/C32H25F9O/c1-2-5-19-8-12-22(13-9-19)24-7-4-3-6-21(24)14-10-20-11-15-25(26(33)16-20)23-17-27(34)29(28(35)18-23)42-32(40,41)30(36)31(37,38)39/h3-4,6-9,11-13,15-18,30H,2,5,10,14H2,1H3. The third kappa shape index (κ3) is 7.09. The minimum Gasteiger partial charge on any atom is -0.424 e. The van der Waals surface area contributed by atoms with Crippen LogP contribution in [0, 0.1) is 17.5 Å². The molecule has 0 fully saturated rings. The molecule has 4 aromatic rings. The van der Waals surface area contributed by atoms with Crippen LogP contribution >= 0.6 is 0 Å². The normalized spacial score (nSPS) is 12.8. The Balaban J connectivity index is 1.51. The van der Waals surface area contributed by atoms with Crippen molar-refractivity contribution in [1.29, 1.82) is 0 Å². The molecule has 222 valence electrons. The first-order valence-corrected chi connectivity index (χ1v) is 13.0.